The van der Waals surface area contributed by atoms with Gasteiger partial charge in [0.1, 0.15) is 12.4 Å². The molecule has 6 nitrogen and oxygen atoms in total. The van der Waals surface area contributed by atoms with E-state index in [1.165, 1.54) is 0 Å². The van der Waals surface area contributed by atoms with Gasteiger partial charge >= 0.3 is 0 Å². The molecule has 142 valence electrons. The topological polar surface area (TPSA) is 76.7 Å². The molecule has 1 unspecified atom stereocenters. The molecular weight excluding hydrogens is 344 g/mol. The Bertz CT molecular complexity index is 766. The fourth-order valence-corrected chi connectivity index (χ4v) is 2.82. The summed E-state index contributed by atoms with van der Waals surface area (Å²) in [6, 6.07) is 14.0. The van der Waals surface area contributed by atoms with Crippen molar-refractivity contribution in [3.63, 3.8) is 0 Å². The van der Waals surface area contributed by atoms with Crippen LogP contribution in [0.5, 0.6) is 5.75 Å². The molecule has 0 bridgehead atoms. The first-order valence-electron chi connectivity index (χ1n) is 9.20. The SMILES string of the molecule is CCc1ccc(C(=O)NNC(=O)c2ccc(OCC3CCCO3)cc2)cc1. The Morgan fingerprint density at radius 2 is 1.59 bits per heavy atom. The Morgan fingerprint density at radius 1 is 1.00 bits per heavy atom. The summed E-state index contributed by atoms with van der Waals surface area (Å²) >= 11 is 0. The molecule has 1 aliphatic heterocycles. The number of carbonyl (C=O) groups excluding carboxylic acids is 2. The van der Waals surface area contributed by atoms with Gasteiger partial charge in [0.05, 0.1) is 6.10 Å². The van der Waals surface area contributed by atoms with Crippen molar-refractivity contribution in [1.82, 2.24) is 10.9 Å². The molecule has 1 aliphatic rings. The minimum atomic E-state index is -0.390. The molecule has 2 N–H and O–H groups in total. The van der Waals surface area contributed by atoms with Crippen molar-refractivity contribution in [1.29, 1.82) is 0 Å². The van der Waals surface area contributed by atoms with E-state index in [-0.39, 0.29) is 17.9 Å². The number of hydrogen-bond acceptors (Lipinski definition) is 4. The Balaban J connectivity index is 1.47. The highest BCUT2D eigenvalue weighted by Gasteiger charge is 2.16. The monoisotopic (exact) mass is 368 g/mol. The lowest BCUT2D eigenvalue weighted by molar-refractivity contribution is 0.0679. The summed E-state index contributed by atoms with van der Waals surface area (Å²) < 4.78 is 11.2. The van der Waals surface area contributed by atoms with Gasteiger partial charge in [-0.2, -0.15) is 0 Å². The maximum atomic E-state index is 12.2. The molecule has 0 spiro atoms. The maximum Gasteiger partial charge on any atom is 0.269 e. The molecule has 2 amide bonds. The van der Waals surface area contributed by atoms with Crippen molar-refractivity contribution in [2.75, 3.05) is 13.2 Å². The number of hydrogen-bond donors (Lipinski definition) is 2. The van der Waals surface area contributed by atoms with Crippen LogP contribution in [-0.4, -0.2) is 31.1 Å². The number of benzene rings is 2. The average molecular weight is 368 g/mol. The summed E-state index contributed by atoms with van der Waals surface area (Å²) in [5.41, 5.74) is 6.92. The first-order valence-corrected chi connectivity index (χ1v) is 9.20. The van der Waals surface area contributed by atoms with Gasteiger partial charge in [0, 0.05) is 17.7 Å². The van der Waals surface area contributed by atoms with Gasteiger partial charge in [-0.15, -0.1) is 0 Å². The fraction of sp³-hybridized carbons (Fsp3) is 0.333. The number of ether oxygens (including phenoxy) is 2. The second-order valence-electron chi connectivity index (χ2n) is 6.43. The van der Waals surface area contributed by atoms with Gasteiger partial charge < -0.3 is 9.47 Å². The van der Waals surface area contributed by atoms with Crippen molar-refractivity contribution in [2.24, 2.45) is 0 Å². The smallest absolute Gasteiger partial charge is 0.269 e. The van der Waals surface area contributed by atoms with Crippen LogP contribution in [0.3, 0.4) is 0 Å². The number of rotatable bonds is 6. The summed E-state index contributed by atoms with van der Waals surface area (Å²) in [4.78, 5) is 24.3. The van der Waals surface area contributed by atoms with E-state index < -0.39 is 0 Å². The third kappa shape index (κ3) is 5.31. The molecule has 6 heteroatoms. The molecule has 3 rings (SSSR count). The molecule has 1 heterocycles. The number of amides is 2. The minimum Gasteiger partial charge on any atom is -0.491 e. The molecule has 2 aromatic rings. The lowest BCUT2D eigenvalue weighted by Gasteiger charge is -2.12. The van der Waals surface area contributed by atoms with Crippen LogP contribution in [0.2, 0.25) is 0 Å². The zero-order valence-corrected chi connectivity index (χ0v) is 15.4. The zero-order chi connectivity index (χ0) is 19.1. The largest absolute Gasteiger partial charge is 0.491 e. The zero-order valence-electron chi connectivity index (χ0n) is 15.4. The third-order valence-corrected chi connectivity index (χ3v) is 4.49. The molecule has 1 atom stereocenters. The van der Waals surface area contributed by atoms with Gasteiger partial charge in [-0.3, -0.25) is 20.4 Å². The molecule has 1 fully saturated rings. The Morgan fingerprint density at radius 3 is 2.11 bits per heavy atom. The molecule has 27 heavy (non-hydrogen) atoms. The summed E-state index contributed by atoms with van der Waals surface area (Å²) in [5, 5.41) is 0. The van der Waals surface area contributed by atoms with Crippen molar-refractivity contribution >= 4 is 11.8 Å². The molecule has 0 saturated carbocycles. The molecule has 0 aromatic heterocycles. The van der Waals surface area contributed by atoms with E-state index in [1.54, 1.807) is 36.4 Å². The number of carbonyl (C=O) groups is 2. The van der Waals surface area contributed by atoms with E-state index in [4.69, 9.17) is 9.47 Å². The number of nitrogens with one attached hydrogen (secondary N) is 2. The van der Waals surface area contributed by atoms with Crippen molar-refractivity contribution in [3.05, 3.63) is 65.2 Å². The van der Waals surface area contributed by atoms with E-state index in [1.807, 2.05) is 19.1 Å². The van der Waals surface area contributed by atoms with Crippen LogP contribution in [0, 0.1) is 0 Å². The second kappa shape index (κ2) is 9.19. The fourth-order valence-electron chi connectivity index (χ4n) is 2.82. The molecule has 0 aliphatic carbocycles. The van der Waals surface area contributed by atoms with E-state index in [2.05, 4.69) is 10.9 Å². The average Bonchev–Trinajstić information content (AvgIpc) is 3.24. The predicted molar refractivity (Wildman–Crippen MR) is 102 cm³/mol. The van der Waals surface area contributed by atoms with E-state index in [9.17, 15) is 9.59 Å². The Labute approximate surface area is 158 Å². The highest BCUT2D eigenvalue weighted by Crippen LogP contribution is 2.16. The van der Waals surface area contributed by atoms with Gasteiger partial charge in [0.25, 0.3) is 11.8 Å². The summed E-state index contributed by atoms with van der Waals surface area (Å²) in [7, 11) is 0. The molecular formula is C21H24N2O4. The molecule has 1 saturated heterocycles. The highest BCUT2D eigenvalue weighted by atomic mass is 16.5. The van der Waals surface area contributed by atoms with E-state index in [0.717, 1.165) is 31.4 Å². The molecule has 2 aromatic carbocycles. The maximum absolute atomic E-state index is 12.2. The van der Waals surface area contributed by atoms with Crippen LogP contribution in [0.4, 0.5) is 0 Å². The predicted octanol–water partition coefficient (Wildman–Crippen LogP) is 2.88. The van der Waals surface area contributed by atoms with Crippen LogP contribution >= 0.6 is 0 Å². The first kappa shape index (κ1) is 18.9. The normalized spacial score (nSPS) is 16.0. The quantitative estimate of drug-likeness (QED) is 0.769. The Hall–Kier alpha value is -2.86. The van der Waals surface area contributed by atoms with Crippen LogP contribution in [0.15, 0.2) is 48.5 Å². The summed E-state index contributed by atoms with van der Waals surface area (Å²) in [5.74, 6) is -0.0659. The van der Waals surface area contributed by atoms with E-state index in [0.29, 0.717) is 23.5 Å². The van der Waals surface area contributed by atoms with Gasteiger partial charge in [0.15, 0.2) is 0 Å². The van der Waals surface area contributed by atoms with Crippen molar-refractivity contribution in [3.8, 4) is 5.75 Å². The van der Waals surface area contributed by atoms with Crippen molar-refractivity contribution in [2.45, 2.75) is 32.3 Å². The van der Waals surface area contributed by atoms with Gasteiger partial charge in [-0.05, 0) is 61.2 Å². The third-order valence-electron chi connectivity index (χ3n) is 4.49. The van der Waals surface area contributed by atoms with Gasteiger partial charge in [0.2, 0.25) is 0 Å². The Kier molecular flexibility index (Phi) is 6.44. The lowest BCUT2D eigenvalue weighted by Crippen LogP contribution is -2.41. The van der Waals surface area contributed by atoms with Crippen LogP contribution in [0.25, 0.3) is 0 Å². The number of hydrazine groups is 1. The first-order chi connectivity index (χ1) is 13.2. The standard InChI is InChI=1S/C21H24N2O4/c1-2-15-5-7-16(8-6-15)20(24)22-23-21(25)17-9-11-18(12-10-17)27-14-19-4-3-13-26-19/h5-12,19H,2-4,13-14H2,1H3,(H,22,24)(H,23,25). The van der Waals surface area contributed by atoms with Crippen LogP contribution < -0.4 is 15.6 Å². The lowest BCUT2D eigenvalue weighted by atomic mass is 10.1. The summed E-state index contributed by atoms with van der Waals surface area (Å²) in [6.45, 7) is 3.36. The number of aryl methyl sites for hydroxylation is 1. The van der Waals surface area contributed by atoms with Crippen LogP contribution in [-0.2, 0) is 11.2 Å². The summed E-state index contributed by atoms with van der Waals surface area (Å²) in [6.07, 6.45) is 3.14. The van der Waals surface area contributed by atoms with Gasteiger partial charge in [-0.25, -0.2) is 0 Å². The van der Waals surface area contributed by atoms with Crippen LogP contribution in [0.1, 0.15) is 46.0 Å². The van der Waals surface area contributed by atoms with Crippen molar-refractivity contribution < 1.29 is 19.1 Å². The minimum absolute atomic E-state index is 0.148. The second-order valence-corrected chi connectivity index (χ2v) is 6.43. The van der Waals surface area contributed by atoms with Gasteiger partial charge in [-0.1, -0.05) is 19.1 Å². The molecule has 0 radical (unpaired) electrons. The highest BCUT2D eigenvalue weighted by molar-refractivity contribution is 5.99. The van der Waals surface area contributed by atoms with E-state index >= 15 is 0 Å².